The van der Waals surface area contributed by atoms with E-state index in [0.717, 1.165) is 6.42 Å². The summed E-state index contributed by atoms with van der Waals surface area (Å²) in [6.07, 6.45) is 11.2. The fourth-order valence-electron chi connectivity index (χ4n) is 4.51. The maximum absolute atomic E-state index is 12.9. The maximum Gasteiger partial charge on any atom is 0.320 e. The molecule has 1 aliphatic rings. The molecule has 1 amide bonds. The Labute approximate surface area is 221 Å². The molecular weight excluding hydrogens is 480 g/mol. The number of rotatable bonds is 21. The molecule has 10 nitrogen and oxygen atoms in total. The molecule has 10 heteroatoms. The van der Waals surface area contributed by atoms with Crippen molar-refractivity contribution in [1.29, 1.82) is 0 Å². The number of carbonyl (C=O) groups is 2. The lowest BCUT2D eigenvalue weighted by atomic mass is 9.81. The molecule has 0 aromatic heterocycles. The second kappa shape index (κ2) is 19.1. The molecule has 37 heavy (non-hydrogen) atoms. The van der Waals surface area contributed by atoms with Crippen molar-refractivity contribution in [3.05, 3.63) is 12.2 Å². The first-order chi connectivity index (χ1) is 17.8. The van der Waals surface area contributed by atoms with Gasteiger partial charge >= 0.3 is 5.97 Å². The SMILES string of the molecule is C#CCOCCOCCOCCOCCC(=O)N[C@H]([C@@H]1N[C@@H](C(=O)O)C[C@H]1/C=C\C)[C@](C)(CCC)OC. The molecular formula is C27H46N2O8. The Morgan fingerprint density at radius 2 is 1.73 bits per heavy atom. The van der Waals surface area contributed by atoms with Crippen molar-refractivity contribution in [3.63, 3.8) is 0 Å². The lowest BCUT2D eigenvalue weighted by molar-refractivity contribution is -0.139. The highest BCUT2D eigenvalue weighted by Gasteiger charge is 2.47. The Balaban J connectivity index is 2.50. The molecule has 0 unspecified atom stereocenters. The molecule has 5 atom stereocenters. The Kier molecular flexibility index (Phi) is 17.1. The van der Waals surface area contributed by atoms with Crippen LogP contribution >= 0.6 is 0 Å². The lowest BCUT2D eigenvalue weighted by Crippen LogP contribution is -2.62. The van der Waals surface area contributed by atoms with E-state index >= 15 is 0 Å². The predicted octanol–water partition coefficient (Wildman–Crippen LogP) is 1.77. The first-order valence-corrected chi connectivity index (χ1v) is 13.0. The Hall–Kier alpha value is -2.00. The fourth-order valence-corrected chi connectivity index (χ4v) is 4.51. The third-order valence-corrected chi connectivity index (χ3v) is 6.42. The quantitative estimate of drug-likeness (QED) is 0.117. The van der Waals surface area contributed by atoms with Crippen LogP contribution in [0.4, 0.5) is 0 Å². The molecule has 1 aliphatic heterocycles. The number of carboxylic acids is 1. The van der Waals surface area contributed by atoms with E-state index in [1.54, 1.807) is 7.11 Å². The smallest absolute Gasteiger partial charge is 0.320 e. The zero-order chi connectivity index (χ0) is 27.5. The fraction of sp³-hybridized carbons (Fsp3) is 0.778. The Morgan fingerprint density at radius 1 is 1.14 bits per heavy atom. The van der Waals surface area contributed by atoms with Crippen molar-refractivity contribution in [2.45, 2.75) is 70.2 Å². The normalized spacial score (nSPS) is 22.0. The Bertz CT molecular complexity index is 726. The number of carboxylic acid groups (broad SMARTS) is 1. The molecule has 1 fully saturated rings. The maximum atomic E-state index is 12.9. The first-order valence-electron chi connectivity index (χ1n) is 13.0. The zero-order valence-electron chi connectivity index (χ0n) is 22.8. The molecule has 212 valence electrons. The van der Waals surface area contributed by atoms with E-state index in [1.165, 1.54) is 0 Å². The van der Waals surface area contributed by atoms with Crippen LogP contribution < -0.4 is 10.6 Å². The molecule has 3 N–H and O–H groups in total. The van der Waals surface area contributed by atoms with Crippen molar-refractivity contribution < 1.29 is 38.4 Å². The van der Waals surface area contributed by atoms with Crippen LogP contribution in [0.2, 0.25) is 0 Å². The highest BCUT2D eigenvalue weighted by atomic mass is 16.6. The summed E-state index contributed by atoms with van der Waals surface area (Å²) >= 11 is 0. The van der Waals surface area contributed by atoms with Crippen LogP contribution in [0.15, 0.2) is 12.2 Å². The molecule has 0 spiro atoms. The number of aliphatic carboxylic acids is 1. The van der Waals surface area contributed by atoms with Crippen LogP contribution in [-0.4, -0.2) is 101 Å². The van der Waals surface area contributed by atoms with Gasteiger partial charge in [0.2, 0.25) is 5.91 Å². The van der Waals surface area contributed by atoms with Gasteiger partial charge in [-0.15, -0.1) is 6.42 Å². The van der Waals surface area contributed by atoms with Gasteiger partial charge in [0.1, 0.15) is 12.6 Å². The van der Waals surface area contributed by atoms with Gasteiger partial charge in [-0.05, 0) is 32.6 Å². The summed E-state index contributed by atoms with van der Waals surface area (Å²) in [7, 11) is 1.63. The summed E-state index contributed by atoms with van der Waals surface area (Å²) in [6, 6.07) is -1.38. The number of hydrogen-bond donors (Lipinski definition) is 3. The molecule has 0 bridgehead atoms. The zero-order valence-corrected chi connectivity index (χ0v) is 22.8. The number of methoxy groups -OCH3 is 1. The van der Waals surface area contributed by atoms with Crippen molar-refractivity contribution >= 4 is 11.9 Å². The molecule has 0 radical (unpaired) electrons. The second-order valence-corrected chi connectivity index (χ2v) is 9.16. The van der Waals surface area contributed by atoms with Crippen molar-refractivity contribution in [2.24, 2.45) is 5.92 Å². The van der Waals surface area contributed by atoms with Gasteiger partial charge in [-0.2, -0.15) is 0 Å². The van der Waals surface area contributed by atoms with E-state index in [4.69, 9.17) is 30.1 Å². The van der Waals surface area contributed by atoms with Crippen LogP contribution in [0.3, 0.4) is 0 Å². The molecule has 0 saturated carbocycles. The van der Waals surface area contributed by atoms with Crippen LogP contribution in [0.25, 0.3) is 0 Å². The summed E-state index contributed by atoms with van der Waals surface area (Å²) in [5, 5.41) is 15.9. The summed E-state index contributed by atoms with van der Waals surface area (Å²) in [4.78, 5) is 24.6. The number of ether oxygens (including phenoxy) is 5. The number of amides is 1. The summed E-state index contributed by atoms with van der Waals surface area (Å²) < 4.78 is 27.3. The van der Waals surface area contributed by atoms with Gasteiger partial charge in [-0.3, -0.25) is 14.9 Å². The molecule has 1 saturated heterocycles. The van der Waals surface area contributed by atoms with Gasteiger partial charge < -0.3 is 34.1 Å². The van der Waals surface area contributed by atoms with E-state index in [-0.39, 0.29) is 37.5 Å². The van der Waals surface area contributed by atoms with E-state index in [1.807, 2.05) is 26.0 Å². The van der Waals surface area contributed by atoms with Gasteiger partial charge in [-0.25, -0.2) is 0 Å². The number of nitrogens with one attached hydrogen (secondary N) is 2. The third-order valence-electron chi connectivity index (χ3n) is 6.42. The minimum absolute atomic E-state index is 0.0458. The van der Waals surface area contributed by atoms with E-state index in [9.17, 15) is 14.7 Å². The Morgan fingerprint density at radius 3 is 2.24 bits per heavy atom. The standard InChI is InChI=1S/C27H46N2O8/c1-6-9-21-20-22(26(31)32)28-24(21)25(27(4,33-5)11-7-2)29-23(30)10-13-35-15-17-37-19-18-36-16-14-34-12-8-3/h3,6,9,21-22,24-25,28H,7,10-20H2,1-2,4-5H3,(H,29,30)(H,31,32)/b9-6-/t21-,22-,24-,25-,27+/m1/s1. The van der Waals surface area contributed by atoms with E-state index < -0.39 is 23.7 Å². The van der Waals surface area contributed by atoms with Crippen molar-refractivity contribution in [2.75, 3.05) is 60.0 Å². The lowest BCUT2D eigenvalue weighted by Gasteiger charge is -2.42. The number of allylic oxidation sites excluding steroid dienone is 1. The summed E-state index contributed by atoms with van der Waals surface area (Å²) in [5.74, 6) is 1.27. The van der Waals surface area contributed by atoms with Crippen molar-refractivity contribution in [1.82, 2.24) is 10.6 Å². The summed E-state index contributed by atoms with van der Waals surface area (Å²) in [6.45, 7) is 9.01. The van der Waals surface area contributed by atoms with E-state index in [0.29, 0.717) is 52.5 Å². The van der Waals surface area contributed by atoms with Gasteiger partial charge in [-0.1, -0.05) is 31.4 Å². The highest BCUT2D eigenvalue weighted by Crippen LogP contribution is 2.32. The monoisotopic (exact) mass is 526 g/mol. The topological polar surface area (TPSA) is 125 Å². The molecule has 0 aromatic carbocycles. The van der Waals surface area contributed by atoms with Gasteiger partial charge in [0.15, 0.2) is 0 Å². The van der Waals surface area contributed by atoms with Crippen LogP contribution in [0.5, 0.6) is 0 Å². The predicted molar refractivity (Wildman–Crippen MR) is 140 cm³/mol. The van der Waals surface area contributed by atoms with Gasteiger partial charge in [0.25, 0.3) is 0 Å². The van der Waals surface area contributed by atoms with Crippen LogP contribution in [0.1, 0.15) is 46.5 Å². The molecule has 1 heterocycles. The molecule has 0 aliphatic carbocycles. The largest absolute Gasteiger partial charge is 0.480 e. The number of carbonyl (C=O) groups excluding carboxylic acids is 1. The highest BCUT2D eigenvalue weighted by molar-refractivity contribution is 5.77. The van der Waals surface area contributed by atoms with Crippen molar-refractivity contribution in [3.8, 4) is 12.3 Å². The summed E-state index contributed by atoms with van der Waals surface area (Å²) in [5.41, 5.74) is -0.667. The average Bonchev–Trinajstić information content (AvgIpc) is 3.29. The number of hydrogen-bond acceptors (Lipinski definition) is 8. The minimum atomic E-state index is -0.895. The molecule has 1 rings (SSSR count). The van der Waals surface area contributed by atoms with Gasteiger partial charge in [0, 0.05) is 19.6 Å². The minimum Gasteiger partial charge on any atom is -0.480 e. The average molecular weight is 527 g/mol. The van der Waals surface area contributed by atoms with E-state index in [2.05, 4.69) is 23.5 Å². The number of terminal acetylenes is 1. The van der Waals surface area contributed by atoms with Crippen LogP contribution in [0, 0.1) is 18.3 Å². The third kappa shape index (κ3) is 12.4. The van der Waals surface area contributed by atoms with Gasteiger partial charge in [0.05, 0.1) is 57.9 Å². The van der Waals surface area contributed by atoms with Crippen LogP contribution in [-0.2, 0) is 33.3 Å². The molecule has 0 aromatic rings. The second-order valence-electron chi connectivity index (χ2n) is 9.16. The first kappa shape index (κ1) is 33.0.